The number of carbonyl (C=O) groups is 4. The quantitative estimate of drug-likeness (QED) is 0.0718. The summed E-state index contributed by atoms with van der Waals surface area (Å²) in [5, 5.41) is 0. The van der Waals surface area contributed by atoms with Crippen LogP contribution in [0.3, 0.4) is 0 Å². The van der Waals surface area contributed by atoms with Crippen LogP contribution in [0.5, 0.6) is 23.0 Å². The zero-order valence-corrected chi connectivity index (χ0v) is 24.7. The number of esters is 3. The first-order chi connectivity index (χ1) is 21.7. The molecule has 228 valence electrons. The van der Waals surface area contributed by atoms with Crippen molar-refractivity contribution in [2.75, 3.05) is 13.4 Å². The second kappa shape index (κ2) is 15.0. The van der Waals surface area contributed by atoms with Crippen LogP contribution in [0, 0.1) is 13.8 Å². The van der Waals surface area contributed by atoms with E-state index in [-0.39, 0.29) is 19.2 Å². The molecule has 45 heavy (non-hydrogen) atoms. The van der Waals surface area contributed by atoms with Gasteiger partial charge in [0, 0.05) is 6.08 Å². The van der Waals surface area contributed by atoms with Crippen LogP contribution in [0.25, 0.3) is 11.1 Å². The molecule has 0 aromatic heterocycles. The number of rotatable bonds is 13. The number of aryl methyl sites for hydroxylation is 2. The fraction of sp³-hybridized carbons (Fsp3) is 0.111. The van der Waals surface area contributed by atoms with Gasteiger partial charge in [0.05, 0.1) is 11.1 Å². The van der Waals surface area contributed by atoms with Crippen LogP contribution < -0.4 is 18.9 Å². The summed E-state index contributed by atoms with van der Waals surface area (Å²) < 4.78 is 26.6. The molecule has 0 aliphatic heterocycles. The third kappa shape index (κ3) is 8.77. The summed E-state index contributed by atoms with van der Waals surface area (Å²) in [6.45, 7) is 9.98. The van der Waals surface area contributed by atoms with Crippen LogP contribution in [0.15, 0.2) is 110 Å². The molecule has 9 heteroatoms. The standard InChI is InChI=1S/C36H30O9/c1-5-29(37)21-41-30-13-7-25(8-14-30)35(39)44-32-17-11-27(19-23(32)3)28-12-18-33(24(4)20-28)45-36(40)26-9-15-31(16-10-26)42-22-43-34(38)6-2/h5-20H,1-2,21-22H2,3-4H3. The van der Waals surface area contributed by atoms with Crippen molar-refractivity contribution in [2.45, 2.75) is 13.8 Å². The number of hydrogen-bond donors (Lipinski definition) is 0. The van der Waals surface area contributed by atoms with Crippen molar-refractivity contribution in [3.8, 4) is 34.1 Å². The zero-order chi connectivity index (χ0) is 32.3. The van der Waals surface area contributed by atoms with Gasteiger partial charge in [-0.3, -0.25) is 4.79 Å². The van der Waals surface area contributed by atoms with Gasteiger partial charge in [0.1, 0.15) is 23.0 Å². The van der Waals surface area contributed by atoms with Crippen LogP contribution in [0.1, 0.15) is 31.8 Å². The van der Waals surface area contributed by atoms with E-state index in [1.807, 2.05) is 38.1 Å². The fourth-order valence-electron chi connectivity index (χ4n) is 4.01. The van der Waals surface area contributed by atoms with Crippen molar-refractivity contribution >= 4 is 23.7 Å². The molecule has 0 heterocycles. The first-order valence-corrected chi connectivity index (χ1v) is 13.7. The Balaban J connectivity index is 1.35. The van der Waals surface area contributed by atoms with Crippen molar-refractivity contribution in [1.82, 2.24) is 0 Å². The number of ether oxygens (including phenoxy) is 5. The third-order valence-electron chi connectivity index (χ3n) is 6.47. The molecule has 0 fully saturated rings. The van der Waals surface area contributed by atoms with E-state index in [9.17, 15) is 19.2 Å². The summed E-state index contributed by atoms with van der Waals surface area (Å²) >= 11 is 0. The average molecular weight is 607 g/mol. The molecule has 0 N–H and O–H groups in total. The van der Waals surface area contributed by atoms with E-state index in [1.54, 1.807) is 60.7 Å². The molecule has 4 aromatic carbocycles. The number of ketones is 1. The fourth-order valence-corrected chi connectivity index (χ4v) is 4.01. The summed E-state index contributed by atoms with van der Waals surface area (Å²) in [5.74, 6) is -0.228. The lowest BCUT2D eigenvalue weighted by molar-refractivity contribution is -0.144. The van der Waals surface area contributed by atoms with E-state index >= 15 is 0 Å². The van der Waals surface area contributed by atoms with E-state index in [1.165, 1.54) is 6.08 Å². The Morgan fingerprint density at radius 2 is 1.09 bits per heavy atom. The minimum atomic E-state index is -0.601. The number of carbonyl (C=O) groups excluding carboxylic acids is 4. The summed E-state index contributed by atoms with van der Waals surface area (Å²) in [6.07, 6.45) is 2.22. The highest BCUT2D eigenvalue weighted by Crippen LogP contribution is 2.30. The molecule has 0 bridgehead atoms. The van der Waals surface area contributed by atoms with Gasteiger partial charge < -0.3 is 23.7 Å². The van der Waals surface area contributed by atoms with E-state index in [0.717, 1.165) is 28.3 Å². The minimum Gasteiger partial charge on any atom is -0.485 e. The molecule has 0 amide bonds. The molecule has 0 aliphatic rings. The van der Waals surface area contributed by atoms with Crippen LogP contribution in [0.2, 0.25) is 0 Å². The highest BCUT2D eigenvalue weighted by Gasteiger charge is 2.14. The summed E-state index contributed by atoms with van der Waals surface area (Å²) in [7, 11) is 0. The van der Waals surface area contributed by atoms with Gasteiger partial charge in [-0.15, -0.1) is 0 Å². The Kier molecular flexibility index (Phi) is 10.6. The predicted octanol–water partition coefficient (Wildman–Crippen LogP) is 6.61. The lowest BCUT2D eigenvalue weighted by Crippen LogP contribution is -2.10. The Morgan fingerprint density at radius 3 is 1.51 bits per heavy atom. The SMILES string of the molecule is C=CC(=O)COc1ccc(C(=O)Oc2ccc(-c3ccc(OC(=O)c4ccc(OCOC(=O)C=C)cc4)c(C)c3)cc2C)cc1. The van der Waals surface area contributed by atoms with Crippen molar-refractivity contribution < 1.29 is 42.9 Å². The summed E-state index contributed by atoms with van der Waals surface area (Å²) in [5.41, 5.74) is 3.93. The van der Waals surface area contributed by atoms with Gasteiger partial charge >= 0.3 is 17.9 Å². The van der Waals surface area contributed by atoms with Crippen LogP contribution in [-0.4, -0.2) is 37.1 Å². The van der Waals surface area contributed by atoms with Gasteiger partial charge in [-0.25, -0.2) is 14.4 Å². The van der Waals surface area contributed by atoms with Gasteiger partial charge in [-0.1, -0.05) is 25.3 Å². The lowest BCUT2D eigenvalue weighted by atomic mass is 10.0. The molecule has 4 aromatic rings. The normalized spacial score (nSPS) is 10.3. The molecular formula is C36H30O9. The van der Waals surface area contributed by atoms with Crippen molar-refractivity contribution in [1.29, 1.82) is 0 Å². The molecule has 9 nitrogen and oxygen atoms in total. The molecule has 0 radical (unpaired) electrons. The monoisotopic (exact) mass is 606 g/mol. The smallest absolute Gasteiger partial charge is 0.343 e. The largest absolute Gasteiger partial charge is 0.485 e. The lowest BCUT2D eigenvalue weighted by Gasteiger charge is -2.12. The predicted molar refractivity (Wildman–Crippen MR) is 167 cm³/mol. The molecule has 0 saturated carbocycles. The average Bonchev–Trinajstić information content (AvgIpc) is 3.05. The second-order valence-corrected chi connectivity index (χ2v) is 9.68. The molecule has 0 unspecified atom stereocenters. The maximum absolute atomic E-state index is 12.7. The van der Waals surface area contributed by atoms with E-state index in [4.69, 9.17) is 23.7 Å². The van der Waals surface area contributed by atoms with Gasteiger partial charge in [0.15, 0.2) is 12.4 Å². The zero-order valence-electron chi connectivity index (χ0n) is 24.7. The number of benzene rings is 4. The van der Waals surface area contributed by atoms with E-state index in [2.05, 4.69) is 13.2 Å². The van der Waals surface area contributed by atoms with Crippen LogP contribution in [-0.2, 0) is 14.3 Å². The van der Waals surface area contributed by atoms with Gasteiger partial charge in [0.25, 0.3) is 0 Å². The third-order valence-corrected chi connectivity index (χ3v) is 6.47. The molecule has 0 aliphatic carbocycles. The topological polar surface area (TPSA) is 114 Å². The Morgan fingerprint density at radius 1 is 0.622 bits per heavy atom. The van der Waals surface area contributed by atoms with E-state index in [0.29, 0.717) is 34.1 Å². The highest BCUT2D eigenvalue weighted by molar-refractivity contribution is 5.92. The number of hydrogen-bond acceptors (Lipinski definition) is 9. The maximum atomic E-state index is 12.7. The van der Waals surface area contributed by atoms with Gasteiger partial charge in [-0.2, -0.15) is 0 Å². The molecule has 0 atom stereocenters. The van der Waals surface area contributed by atoms with Gasteiger partial charge in [-0.05, 0) is 115 Å². The second-order valence-electron chi connectivity index (χ2n) is 9.68. The summed E-state index contributed by atoms with van der Waals surface area (Å²) in [4.78, 5) is 47.9. The Hall–Kier alpha value is -5.96. The first kappa shape index (κ1) is 32.0. The Labute approximate surface area is 260 Å². The van der Waals surface area contributed by atoms with Crippen molar-refractivity contribution in [3.63, 3.8) is 0 Å². The Bertz CT molecular complexity index is 1740. The molecule has 4 rings (SSSR count). The van der Waals surface area contributed by atoms with Gasteiger partial charge in [0.2, 0.25) is 6.79 Å². The highest BCUT2D eigenvalue weighted by atomic mass is 16.7. The first-order valence-electron chi connectivity index (χ1n) is 13.7. The molecule has 0 saturated heterocycles. The molecule has 0 spiro atoms. The maximum Gasteiger partial charge on any atom is 0.343 e. The van der Waals surface area contributed by atoms with Crippen LogP contribution >= 0.6 is 0 Å². The minimum absolute atomic E-state index is 0.128. The van der Waals surface area contributed by atoms with Crippen molar-refractivity contribution in [3.05, 3.63) is 132 Å². The van der Waals surface area contributed by atoms with Crippen LogP contribution in [0.4, 0.5) is 0 Å². The molecular weight excluding hydrogens is 576 g/mol. The van der Waals surface area contributed by atoms with E-state index < -0.39 is 17.9 Å². The summed E-state index contributed by atoms with van der Waals surface area (Å²) in [6, 6.07) is 23.5. The van der Waals surface area contributed by atoms with Crippen molar-refractivity contribution in [2.24, 2.45) is 0 Å².